The second-order valence-corrected chi connectivity index (χ2v) is 3.96. The fourth-order valence-electron chi connectivity index (χ4n) is 1.37. The lowest BCUT2D eigenvalue weighted by Crippen LogP contribution is -2.10. The predicted molar refractivity (Wildman–Crippen MR) is 72.5 cm³/mol. The first-order valence-electron chi connectivity index (χ1n) is 6.27. The van der Waals surface area contributed by atoms with Crippen molar-refractivity contribution in [2.75, 3.05) is 6.61 Å². The van der Waals surface area contributed by atoms with E-state index in [1.807, 2.05) is 31.2 Å². The van der Waals surface area contributed by atoms with Crippen LogP contribution in [0.4, 0.5) is 0 Å². The number of esters is 1. The van der Waals surface area contributed by atoms with Gasteiger partial charge in [0.05, 0.1) is 12.7 Å². The van der Waals surface area contributed by atoms with E-state index < -0.39 is 0 Å². The van der Waals surface area contributed by atoms with Crippen LogP contribution in [0.15, 0.2) is 30.3 Å². The number of benzene rings is 1. The zero-order chi connectivity index (χ0) is 13.4. The van der Waals surface area contributed by atoms with Gasteiger partial charge in [0.1, 0.15) is 5.75 Å². The summed E-state index contributed by atoms with van der Waals surface area (Å²) >= 11 is 0. The first kappa shape index (κ1) is 14.3. The van der Waals surface area contributed by atoms with E-state index in [1.54, 1.807) is 13.0 Å². The van der Waals surface area contributed by atoms with E-state index in [9.17, 15) is 4.79 Å². The van der Waals surface area contributed by atoms with Gasteiger partial charge in [0.15, 0.2) is 0 Å². The van der Waals surface area contributed by atoms with Crippen molar-refractivity contribution in [1.82, 2.24) is 0 Å². The molecule has 98 valence electrons. The zero-order valence-corrected chi connectivity index (χ0v) is 11.2. The molecule has 1 aromatic carbocycles. The summed E-state index contributed by atoms with van der Waals surface area (Å²) in [4.78, 5) is 11.3. The normalized spacial score (nSPS) is 12.4. The van der Waals surface area contributed by atoms with Crippen LogP contribution in [0.2, 0.25) is 0 Å². The third kappa shape index (κ3) is 4.62. The first-order chi connectivity index (χ1) is 8.67. The summed E-state index contributed by atoms with van der Waals surface area (Å²) in [5.41, 5.74) is 0.880. The standard InChI is InChI=1S/C15H20O3/c1-4-12(3)18-14-9-7-6-8-13(14)10-11-15(16)17-5-2/h6-12H,4-5H2,1-3H3. The lowest BCUT2D eigenvalue weighted by atomic mass is 10.2. The summed E-state index contributed by atoms with van der Waals surface area (Å²) in [5, 5.41) is 0. The third-order valence-electron chi connectivity index (χ3n) is 2.51. The molecule has 18 heavy (non-hydrogen) atoms. The smallest absolute Gasteiger partial charge is 0.330 e. The Morgan fingerprint density at radius 1 is 1.33 bits per heavy atom. The Bertz CT molecular complexity index is 410. The molecule has 0 aliphatic rings. The third-order valence-corrected chi connectivity index (χ3v) is 2.51. The average Bonchev–Trinajstić information content (AvgIpc) is 2.38. The van der Waals surface area contributed by atoms with Gasteiger partial charge in [-0.15, -0.1) is 0 Å². The van der Waals surface area contributed by atoms with Crippen molar-refractivity contribution >= 4 is 12.0 Å². The second kappa shape index (κ2) is 7.54. The van der Waals surface area contributed by atoms with Gasteiger partial charge >= 0.3 is 5.97 Å². The van der Waals surface area contributed by atoms with Crippen LogP contribution in [0.5, 0.6) is 5.75 Å². The number of rotatable bonds is 6. The Hall–Kier alpha value is -1.77. The van der Waals surface area contributed by atoms with Gasteiger partial charge in [0.25, 0.3) is 0 Å². The van der Waals surface area contributed by atoms with Crippen LogP contribution in [-0.2, 0) is 9.53 Å². The van der Waals surface area contributed by atoms with Crippen LogP contribution in [0, 0.1) is 0 Å². The Labute approximate surface area is 108 Å². The number of para-hydroxylation sites is 1. The fraction of sp³-hybridized carbons (Fsp3) is 0.400. The molecule has 0 heterocycles. The van der Waals surface area contributed by atoms with Gasteiger partial charge in [0.2, 0.25) is 0 Å². The molecule has 3 heteroatoms. The Balaban J connectivity index is 2.78. The maximum absolute atomic E-state index is 11.3. The number of carbonyl (C=O) groups excluding carboxylic acids is 1. The minimum atomic E-state index is -0.337. The van der Waals surface area contributed by atoms with Crippen molar-refractivity contribution in [1.29, 1.82) is 0 Å². The highest BCUT2D eigenvalue weighted by Gasteiger charge is 2.04. The van der Waals surface area contributed by atoms with Crippen LogP contribution in [-0.4, -0.2) is 18.7 Å². The van der Waals surface area contributed by atoms with Crippen molar-refractivity contribution < 1.29 is 14.3 Å². The van der Waals surface area contributed by atoms with Crippen molar-refractivity contribution in [3.63, 3.8) is 0 Å². The molecule has 0 saturated carbocycles. The molecule has 0 aliphatic carbocycles. The molecule has 0 aromatic heterocycles. The van der Waals surface area contributed by atoms with Crippen molar-refractivity contribution in [3.05, 3.63) is 35.9 Å². The molecule has 0 spiro atoms. The lowest BCUT2D eigenvalue weighted by molar-refractivity contribution is -0.137. The Morgan fingerprint density at radius 3 is 2.72 bits per heavy atom. The van der Waals surface area contributed by atoms with Crippen molar-refractivity contribution in [2.24, 2.45) is 0 Å². The fourth-order valence-corrected chi connectivity index (χ4v) is 1.37. The Morgan fingerprint density at radius 2 is 2.06 bits per heavy atom. The molecule has 1 unspecified atom stereocenters. The van der Waals surface area contributed by atoms with Crippen LogP contribution in [0.3, 0.4) is 0 Å². The highest BCUT2D eigenvalue weighted by atomic mass is 16.5. The van der Waals surface area contributed by atoms with Crippen LogP contribution in [0.25, 0.3) is 6.08 Å². The predicted octanol–water partition coefficient (Wildman–Crippen LogP) is 3.44. The summed E-state index contributed by atoms with van der Waals surface area (Å²) in [5.74, 6) is 0.447. The van der Waals surface area contributed by atoms with E-state index >= 15 is 0 Å². The number of carbonyl (C=O) groups is 1. The molecule has 0 fully saturated rings. The monoisotopic (exact) mass is 248 g/mol. The summed E-state index contributed by atoms with van der Waals surface area (Å²) < 4.78 is 10.6. The van der Waals surface area contributed by atoms with E-state index in [0.717, 1.165) is 17.7 Å². The second-order valence-electron chi connectivity index (χ2n) is 3.96. The SMILES string of the molecule is CCOC(=O)C=Cc1ccccc1OC(C)CC. The summed E-state index contributed by atoms with van der Waals surface area (Å²) in [6.45, 7) is 6.26. The minimum absolute atomic E-state index is 0.155. The molecule has 0 bridgehead atoms. The van der Waals surface area contributed by atoms with Crippen LogP contribution >= 0.6 is 0 Å². The average molecular weight is 248 g/mol. The van der Waals surface area contributed by atoms with Crippen molar-refractivity contribution in [3.8, 4) is 5.75 Å². The van der Waals surface area contributed by atoms with E-state index in [4.69, 9.17) is 9.47 Å². The lowest BCUT2D eigenvalue weighted by Gasteiger charge is -2.14. The van der Waals surface area contributed by atoms with E-state index in [0.29, 0.717) is 6.61 Å². The molecule has 0 N–H and O–H groups in total. The molecule has 1 aromatic rings. The van der Waals surface area contributed by atoms with Gasteiger partial charge in [-0.25, -0.2) is 4.79 Å². The molecule has 0 aliphatic heterocycles. The molecule has 0 saturated heterocycles. The van der Waals surface area contributed by atoms with E-state index in [-0.39, 0.29) is 12.1 Å². The molecule has 0 radical (unpaired) electrons. The van der Waals surface area contributed by atoms with Crippen molar-refractivity contribution in [2.45, 2.75) is 33.3 Å². The largest absolute Gasteiger partial charge is 0.490 e. The summed E-state index contributed by atoms with van der Waals surface area (Å²) in [6, 6.07) is 7.64. The summed E-state index contributed by atoms with van der Waals surface area (Å²) in [7, 11) is 0. The van der Waals surface area contributed by atoms with E-state index in [1.165, 1.54) is 6.08 Å². The quantitative estimate of drug-likeness (QED) is 0.571. The van der Waals surface area contributed by atoms with Gasteiger partial charge in [-0.3, -0.25) is 0 Å². The molecular weight excluding hydrogens is 228 g/mol. The number of hydrogen-bond donors (Lipinski definition) is 0. The molecule has 3 nitrogen and oxygen atoms in total. The van der Waals surface area contributed by atoms with Gasteiger partial charge in [-0.05, 0) is 32.4 Å². The van der Waals surface area contributed by atoms with Gasteiger partial charge in [-0.2, -0.15) is 0 Å². The zero-order valence-electron chi connectivity index (χ0n) is 11.2. The summed E-state index contributed by atoms with van der Waals surface area (Å²) in [6.07, 6.45) is 4.23. The molecule has 1 atom stereocenters. The highest BCUT2D eigenvalue weighted by molar-refractivity contribution is 5.87. The highest BCUT2D eigenvalue weighted by Crippen LogP contribution is 2.21. The molecule has 1 rings (SSSR count). The first-order valence-corrected chi connectivity index (χ1v) is 6.27. The van der Waals surface area contributed by atoms with Crippen LogP contribution < -0.4 is 4.74 Å². The molecule has 0 amide bonds. The Kier molecular flexibility index (Phi) is 5.98. The number of ether oxygens (including phenoxy) is 2. The topological polar surface area (TPSA) is 35.5 Å². The van der Waals surface area contributed by atoms with Gasteiger partial charge in [-0.1, -0.05) is 25.1 Å². The minimum Gasteiger partial charge on any atom is -0.490 e. The molecular formula is C15H20O3. The van der Waals surface area contributed by atoms with Gasteiger partial charge in [0, 0.05) is 11.6 Å². The maximum Gasteiger partial charge on any atom is 0.330 e. The maximum atomic E-state index is 11.3. The van der Waals surface area contributed by atoms with E-state index in [2.05, 4.69) is 6.92 Å². The van der Waals surface area contributed by atoms with Crippen LogP contribution in [0.1, 0.15) is 32.8 Å². The van der Waals surface area contributed by atoms with Gasteiger partial charge < -0.3 is 9.47 Å². The number of hydrogen-bond acceptors (Lipinski definition) is 3.